The highest BCUT2D eigenvalue weighted by Gasteiger charge is 2.34. The summed E-state index contributed by atoms with van der Waals surface area (Å²) >= 11 is 0. The zero-order chi connectivity index (χ0) is 18.8. The molecule has 0 heterocycles. The number of nitrogen functional groups attached to an aromatic ring is 1. The van der Waals surface area contributed by atoms with Gasteiger partial charge in [0.2, 0.25) is 0 Å². The Hall–Kier alpha value is -3.34. The number of nitrogens with two attached hydrogens (primary N) is 1. The van der Waals surface area contributed by atoms with Gasteiger partial charge >= 0.3 is 0 Å². The molecule has 3 rings (SSSR count). The maximum atomic E-state index is 13.1. The third-order valence-corrected chi connectivity index (χ3v) is 4.36. The third kappa shape index (κ3) is 2.67. The van der Waals surface area contributed by atoms with E-state index in [9.17, 15) is 9.59 Å². The van der Waals surface area contributed by atoms with Crippen LogP contribution in [0.15, 0.2) is 54.3 Å². The molecule has 3 N–H and O–H groups in total. The molecular weight excluding hydrogens is 328 g/mol. The van der Waals surface area contributed by atoms with Crippen LogP contribution in [0.1, 0.15) is 45.7 Å². The number of rotatable bonds is 4. The van der Waals surface area contributed by atoms with Crippen LogP contribution in [0.25, 0.3) is 0 Å². The Labute approximate surface area is 152 Å². The fourth-order valence-electron chi connectivity index (χ4n) is 3.11. The molecule has 1 aliphatic rings. The second-order valence-electron chi connectivity index (χ2n) is 5.86. The Morgan fingerprint density at radius 1 is 1.08 bits per heavy atom. The highest BCUT2D eigenvalue weighted by molar-refractivity contribution is 6.32. The van der Waals surface area contributed by atoms with Crippen molar-refractivity contribution in [3.8, 4) is 5.75 Å². The predicted octanol–water partition coefficient (Wildman–Crippen LogP) is 3.94. The number of hydrogen-bond acceptors (Lipinski definition) is 5. The molecular formula is C21H20N2O3. The Bertz CT molecular complexity index is 971. The summed E-state index contributed by atoms with van der Waals surface area (Å²) in [6.07, 6.45) is 5.63. The molecule has 0 aliphatic heterocycles. The van der Waals surface area contributed by atoms with Crippen LogP contribution in [0.3, 0.4) is 0 Å². The average molecular weight is 348 g/mol. The number of allylic oxidation sites excluding steroid dienone is 3. The molecule has 1 aliphatic carbocycles. The van der Waals surface area contributed by atoms with Crippen LogP contribution < -0.4 is 15.8 Å². The summed E-state index contributed by atoms with van der Waals surface area (Å²) in [4.78, 5) is 26.2. The molecule has 0 fully saturated rings. The number of hydrogen-bond donors (Lipinski definition) is 2. The lowest BCUT2D eigenvalue weighted by molar-refractivity contribution is 0.0980. The fraction of sp³-hybridized carbons (Fsp3) is 0.143. The average Bonchev–Trinajstić information content (AvgIpc) is 2.66. The van der Waals surface area contributed by atoms with Gasteiger partial charge in [-0.1, -0.05) is 36.4 Å². The summed E-state index contributed by atoms with van der Waals surface area (Å²) in [5.41, 5.74) is 8.82. The Morgan fingerprint density at radius 2 is 1.69 bits per heavy atom. The summed E-state index contributed by atoms with van der Waals surface area (Å²) in [5, 5.41) is 3.21. The maximum absolute atomic E-state index is 13.1. The lowest BCUT2D eigenvalue weighted by Crippen LogP contribution is -2.24. The first-order valence-corrected chi connectivity index (χ1v) is 8.28. The van der Waals surface area contributed by atoms with Crippen LogP contribution in [0.4, 0.5) is 11.4 Å². The van der Waals surface area contributed by atoms with Crippen molar-refractivity contribution in [2.24, 2.45) is 0 Å². The van der Waals surface area contributed by atoms with Gasteiger partial charge < -0.3 is 15.8 Å². The lowest BCUT2D eigenvalue weighted by Gasteiger charge is -2.24. The van der Waals surface area contributed by atoms with Gasteiger partial charge in [-0.25, -0.2) is 0 Å². The number of fused-ring (bicyclic) bond motifs is 2. The van der Waals surface area contributed by atoms with Gasteiger partial charge in [0, 0.05) is 22.9 Å². The van der Waals surface area contributed by atoms with Crippen LogP contribution in [-0.4, -0.2) is 18.7 Å². The minimum absolute atomic E-state index is 0.175. The normalized spacial score (nSPS) is 13.6. The largest absolute Gasteiger partial charge is 0.494 e. The maximum Gasteiger partial charge on any atom is 0.196 e. The van der Waals surface area contributed by atoms with E-state index in [0.29, 0.717) is 22.6 Å². The molecule has 0 spiro atoms. The van der Waals surface area contributed by atoms with Gasteiger partial charge in [0.15, 0.2) is 11.6 Å². The van der Waals surface area contributed by atoms with E-state index >= 15 is 0 Å². The Balaban J connectivity index is 2.29. The first-order chi connectivity index (χ1) is 12.5. The number of ether oxygens (including phenoxy) is 1. The van der Waals surface area contributed by atoms with Gasteiger partial charge in [-0.05, 0) is 19.9 Å². The minimum atomic E-state index is -0.275. The fourth-order valence-corrected chi connectivity index (χ4v) is 3.11. The molecule has 132 valence electrons. The highest BCUT2D eigenvalue weighted by atomic mass is 16.5. The first-order valence-electron chi connectivity index (χ1n) is 8.28. The van der Waals surface area contributed by atoms with Crippen LogP contribution in [0, 0.1) is 0 Å². The summed E-state index contributed by atoms with van der Waals surface area (Å²) in [6.45, 7) is 3.78. The highest BCUT2D eigenvalue weighted by Crippen LogP contribution is 2.40. The van der Waals surface area contributed by atoms with Crippen molar-refractivity contribution >= 4 is 22.9 Å². The molecule has 0 atom stereocenters. The molecule has 0 saturated carbocycles. The summed E-state index contributed by atoms with van der Waals surface area (Å²) in [6, 6.07) is 8.42. The number of carbonyl (C=O) groups is 2. The van der Waals surface area contributed by atoms with Gasteiger partial charge in [-0.15, -0.1) is 0 Å². The van der Waals surface area contributed by atoms with E-state index in [4.69, 9.17) is 10.5 Å². The first kappa shape index (κ1) is 17.5. The quantitative estimate of drug-likeness (QED) is 0.551. The molecule has 2 aromatic rings. The SMILES string of the molecule is C/C=C\C(=C/C)Nc1cc(OC)c(N)c2c1C(=O)c1ccccc1C2=O. The van der Waals surface area contributed by atoms with Crippen LogP contribution >= 0.6 is 0 Å². The molecule has 0 unspecified atom stereocenters. The minimum Gasteiger partial charge on any atom is -0.494 e. The van der Waals surface area contributed by atoms with Crippen LogP contribution in [0.2, 0.25) is 0 Å². The number of methoxy groups -OCH3 is 1. The zero-order valence-corrected chi connectivity index (χ0v) is 14.9. The molecule has 2 aromatic carbocycles. The molecule has 5 heteroatoms. The predicted molar refractivity (Wildman–Crippen MR) is 103 cm³/mol. The summed E-state index contributed by atoms with van der Waals surface area (Å²) < 4.78 is 5.33. The van der Waals surface area contributed by atoms with Gasteiger partial charge in [-0.3, -0.25) is 9.59 Å². The molecule has 0 saturated heterocycles. The molecule has 0 radical (unpaired) electrons. The van der Waals surface area contributed by atoms with E-state index in [1.807, 2.05) is 32.1 Å². The zero-order valence-electron chi connectivity index (χ0n) is 14.9. The van der Waals surface area contributed by atoms with Gasteiger partial charge in [0.25, 0.3) is 0 Å². The van der Waals surface area contributed by atoms with Crippen molar-refractivity contribution < 1.29 is 14.3 Å². The monoisotopic (exact) mass is 348 g/mol. The number of nitrogens with one attached hydrogen (secondary N) is 1. The molecule has 0 bridgehead atoms. The number of benzene rings is 2. The van der Waals surface area contributed by atoms with Crippen molar-refractivity contribution in [1.29, 1.82) is 0 Å². The van der Waals surface area contributed by atoms with E-state index in [1.54, 1.807) is 30.3 Å². The van der Waals surface area contributed by atoms with Gasteiger partial charge in [0.05, 0.1) is 29.6 Å². The summed E-state index contributed by atoms with van der Waals surface area (Å²) in [5.74, 6) is -0.159. The Kier molecular flexibility index (Phi) is 4.63. The van der Waals surface area contributed by atoms with E-state index in [-0.39, 0.29) is 28.4 Å². The summed E-state index contributed by atoms with van der Waals surface area (Å²) in [7, 11) is 1.48. The van der Waals surface area contributed by atoms with Crippen molar-refractivity contribution in [3.63, 3.8) is 0 Å². The van der Waals surface area contributed by atoms with Gasteiger partial charge in [0.1, 0.15) is 5.75 Å². The second-order valence-corrected chi connectivity index (χ2v) is 5.86. The van der Waals surface area contributed by atoms with Crippen molar-refractivity contribution in [3.05, 3.63) is 76.5 Å². The second kappa shape index (κ2) is 6.88. The molecule has 0 amide bonds. The standard InChI is InChI=1S/C21H20N2O3/c1-4-8-12(5-2)23-15-11-16(26-3)19(22)18-17(15)20(24)13-9-6-7-10-14(13)21(18)25/h4-11,23H,22H2,1-3H3/b8-4-,12-5+. The van der Waals surface area contributed by atoms with Crippen LogP contribution in [-0.2, 0) is 0 Å². The van der Waals surface area contributed by atoms with Crippen LogP contribution in [0.5, 0.6) is 5.75 Å². The van der Waals surface area contributed by atoms with Crippen molar-refractivity contribution in [1.82, 2.24) is 0 Å². The van der Waals surface area contributed by atoms with Crippen molar-refractivity contribution in [2.45, 2.75) is 13.8 Å². The van der Waals surface area contributed by atoms with E-state index < -0.39 is 0 Å². The molecule has 5 nitrogen and oxygen atoms in total. The third-order valence-electron chi connectivity index (χ3n) is 4.36. The number of carbonyl (C=O) groups excluding carboxylic acids is 2. The van der Waals surface area contributed by atoms with Crippen molar-refractivity contribution in [2.75, 3.05) is 18.2 Å². The smallest absolute Gasteiger partial charge is 0.196 e. The molecule has 26 heavy (non-hydrogen) atoms. The topological polar surface area (TPSA) is 81.4 Å². The Morgan fingerprint density at radius 3 is 2.23 bits per heavy atom. The lowest BCUT2D eigenvalue weighted by atomic mass is 9.82. The number of ketones is 2. The van der Waals surface area contributed by atoms with E-state index in [1.165, 1.54) is 7.11 Å². The van der Waals surface area contributed by atoms with E-state index in [2.05, 4.69) is 5.32 Å². The van der Waals surface area contributed by atoms with E-state index in [0.717, 1.165) is 5.70 Å². The van der Waals surface area contributed by atoms with Gasteiger partial charge in [-0.2, -0.15) is 0 Å². The number of anilines is 2. The molecule has 0 aromatic heterocycles.